The average Bonchev–Trinajstić information content (AvgIpc) is 2.76. The number of alkyl halides is 3. The zero-order valence-electron chi connectivity index (χ0n) is 16.3. The molecule has 0 saturated carbocycles. The number of para-hydroxylation sites is 1. The smallest absolute Gasteiger partial charge is 0.371 e. The Morgan fingerprint density at radius 1 is 1.13 bits per heavy atom. The number of hydroxylamine groups is 1. The number of nitrogens with zero attached hydrogens (tertiary/aromatic N) is 1. The summed E-state index contributed by atoms with van der Waals surface area (Å²) in [6.45, 7) is 1.97. The zero-order valence-corrected chi connectivity index (χ0v) is 16.3. The van der Waals surface area contributed by atoms with Gasteiger partial charge in [0.05, 0.1) is 5.56 Å². The third kappa shape index (κ3) is 5.84. The molecule has 1 amide bonds. The molecule has 0 radical (unpaired) electrons. The van der Waals surface area contributed by atoms with E-state index < -0.39 is 17.6 Å². The van der Waals surface area contributed by atoms with Gasteiger partial charge in [0.1, 0.15) is 0 Å². The van der Waals surface area contributed by atoms with Gasteiger partial charge in [0.2, 0.25) is 0 Å². The second-order valence-electron chi connectivity index (χ2n) is 7.21. The van der Waals surface area contributed by atoms with Crippen molar-refractivity contribution < 1.29 is 23.2 Å². The van der Waals surface area contributed by atoms with Crippen LogP contribution in [0.1, 0.15) is 29.5 Å². The summed E-state index contributed by atoms with van der Waals surface area (Å²) in [5, 5.41) is 12.0. The van der Waals surface area contributed by atoms with Gasteiger partial charge in [-0.2, -0.15) is 13.2 Å². The molecule has 0 unspecified atom stereocenters. The number of hydrogen-bond donors (Lipinski definition) is 3. The van der Waals surface area contributed by atoms with Crippen molar-refractivity contribution in [2.75, 3.05) is 18.0 Å². The SMILES string of the molecule is O=C(C=Cc1ccccc1N1CCC(NCc2cccc(C(F)(F)F)c2)CC1)NO. The van der Waals surface area contributed by atoms with E-state index in [1.807, 2.05) is 24.3 Å². The topological polar surface area (TPSA) is 64.6 Å². The number of piperidine rings is 1. The second kappa shape index (κ2) is 9.77. The van der Waals surface area contributed by atoms with E-state index in [0.29, 0.717) is 12.1 Å². The molecule has 30 heavy (non-hydrogen) atoms. The summed E-state index contributed by atoms with van der Waals surface area (Å²) in [4.78, 5) is 13.5. The Hall–Kier alpha value is -2.84. The summed E-state index contributed by atoms with van der Waals surface area (Å²) in [7, 11) is 0. The molecule has 5 nitrogen and oxygen atoms in total. The molecule has 0 atom stereocenters. The van der Waals surface area contributed by atoms with E-state index in [9.17, 15) is 18.0 Å². The van der Waals surface area contributed by atoms with E-state index in [1.165, 1.54) is 18.2 Å². The molecular weight excluding hydrogens is 395 g/mol. The summed E-state index contributed by atoms with van der Waals surface area (Å²) in [5.41, 5.74) is 3.42. The van der Waals surface area contributed by atoms with Crippen molar-refractivity contribution in [3.8, 4) is 0 Å². The van der Waals surface area contributed by atoms with Crippen LogP contribution in [0.25, 0.3) is 6.08 Å². The molecule has 1 saturated heterocycles. The van der Waals surface area contributed by atoms with Crippen LogP contribution in [0.3, 0.4) is 0 Å². The van der Waals surface area contributed by atoms with Gasteiger partial charge < -0.3 is 10.2 Å². The van der Waals surface area contributed by atoms with Gasteiger partial charge in [0.15, 0.2) is 0 Å². The molecule has 0 aromatic heterocycles. The minimum absolute atomic E-state index is 0.221. The molecule has 0 bridgehead atoms. The summed E-state index contributed by atoms with van der Waals surface area (Å²) < 4.78 is 38.6. The molecule has 2 aromatic carbocycles. The fraction of sp³-hybridized carbons (Fsp3) is 0.318. The number of nitrogens with one attached hydrogen (secondary N) is 2. The van der Waals surface area contributed by atoms with Crippen LogP contribution in [0.5, 0.6) is 0 Å². The minimum Gasteiger partial charge on any atom is -0.371 e. The number of rotatable bonds is 6. The van der Waals surface area contributed by atoms with Crippen LogP contribution in [-0.4, -0.2) is 30.2 Å². The van der Waals surface area contributed by atoms with Gasteiger partial charge in [-0.15, -0.1) is 0 Å². The molecule has 0 aliphatic carbocycles. The largest absolute Gasteiger partial charge is 0.416 e. The molecule has 1 aliphatic rings. The number of anilines is 1. The van der Waals surface area contributed by atoms with Gasteiger partial charge >= 0.3 is 6.18 Å². The maximum atomic E-state index is 12.9. The molecular formula is C22H24F3N3O2. The third-order valence-corrected chi connectivity index (χ3v) is 5.15. The van der Waals surface area contributed by atoms with Crippen molar-refractivity contribution in [3.63, 3.8) is 0 Å². The fourth-order valence-electron chi connectivity index (χ4n) is 3.56. The number of carbonyl (C=O) groups is 1. The van der Waals surface area contributed by atoms with E-state index in [-0.39, 0.29) is 6.04 Å². The summed E-state index contributed by atoms with van der Waals surface area (Å²) in [5.74, 6) is -0.595. The Morgan fingerprint density at radius 2 is 1.87 bits per heavy atom. The van der Waals surface area contributed by atoms with E-state index in [1.54, 1.807) is 17.6 Å². The fourth-order valence-corrected chi connectivity index (χ4v) is 3.56. The predicted molar refractivity (Wildman–Crippen MR) is 109 cm³/mol. The first-order valence-corrected chi connectivity index (χ1v) is 9.72. The highest BCUT2D eigenvalue weighted by molar-refractivity contribution is 5.91. The van der Waals surface area contributed by atoms with Crippen LogP contribution in [-0.2, 0) is 17.5 Å². The van der Waals surface area contributed by atoms with Crippen molar-refractivity contribution in [3.05, 3.63) is 71.3 Å². The number of carbonyl (C=O) groups excluding carboxylic acids is 1. The Morgan fingerprint density at radius 3 is 2.57 bits per heavy atom. The molecule has 160 valence electrons. The van der Waals surface area contributed by atoms with Crippen LogP contribution in [0.15, 0.2) is 54.6 Å². The Labute approximate surface area is 173 Å². The minimum atomic E-state index is -4.33. The van der Waals surface area contributed by atoms with Crippen molar-refractivity contribution >= 4 is 17.7 Å². The molecule has 3 rings (SSSR count). The van der Waals surface area contributed by atoms with Gasteiger partial charge in [0, 0.05) is 37.4 Å². The monoisotopic (exact) mass is 419 g/mol. The highest BCUT2D eigenvalue weighted by atomic mass is 19.4. The summed E-state index contributed by atoms with van der Waals surface area (Å²) in [6.07, 6.45) is 0.296. The van der Waals surface area contributed by atoms with Gasteiger partial charge in [-0.1, -0.05) is 36.4 Å². The van der Waals surface area contributed by atoms with Crippen molar-refractivity contribution in [2.45, 2.75) is 31.6 Å². The van der Waals surface area contributed by atoms with E-state index in [0.717, 1.165) is 43.2 Å². The molecule has 1 aliphatic heterocycles. The lowest BCUT2D eigenvalue weighted by Gasteiger charge is -2.35. The van der Waals surface area contributed by atoms with Gasteiger partial charge in [0.25, 0.3) is 5.91 Å². The van der Waals surface area contributed by atoms with Crippen LogP contribution in [0, 0.1) is 0 Å². The standard InChI is InChI=1S/C22H24F3N3O2/c23-22(24,25)18-6-3-4-16(14-18)15-26-19-10-12-28(13-11-19)20-7-2-1-5-17(20)8-9-21(29)27-30/h1-9,14,19,26,30H,10-13,15H2,(H,27,29). The lowest BCUT2D eigenvalue weighted by molar-refractivity contribution is -0.137. The zero-order chi connectivity index (χ0) is 21.6. The highest BCUT2D eigenvalue weighted by Gasteiger charge is 2.30. The average molecular weight is 419 g/mol. The highest BCUT2D eigenvalue weighted by Crippen LogP contribution is 2.30. The Balaban J connectivity index is 1.56. The van der Waals surface area contributed by atoms with E-state index >= 15 is 0 Å². The third-order valence-electron chi connectivity index (χ3n) is 5.15. The molecule has 8 heteroatoms. The van der Waals surface area contributed by atoms with Gasteiger partial charge in [-0.25, -0.2) is 5.48 Å². The molecule has 3 N–H and O–H groups in total. The number of hydrogen-bond acceptors (Lipinski definition) is 4. The lowest BCUT2D eigenvalue weighted by atomic mass is 10.0. The molecule has 2 aromatic rings. The van der Waals surface area contributed by atoms with Crippen molar-refractivity contribution in [2.24, 2.45) is 0 Å². The van der Waals surface area contributed by atoms with E-state index in [4.69, 9.17) is 5.21 Å². The lowest BCUT2D eigenvalue weighted by Crippen LogP contribution is -2.42. The van der Waals surface area contributed by atoms with Crippen molar-refractivity contribution in [1.29, 1.82) is 0 Å². The van der Waals surface area contributed by atoms with Crippen molar-refractivity contribution in [1.82, 2.24) is 10.8 Å². The molecule has 0 spiro atoms. The maximum absolute atomic E-state index is 12.9. The first kappa shape index (κ1) is 21.9. The Kier molecular flexibility index (Phi) is 7.12. The second-order valence-corrected chi connectivity index (χ2v) is 7.21. The summed E-state index contributed by atoms with van der Waals surface area (Å²) in [6, 6.07) is 13.3. The number of halogens is 3. The van der Waals surface area contributed by atoms with E-state index in [2.05, 4.69) is 10.2 Å². The van der Waals surface area contributed by atoms with Crippen LogP contribution < -0.4 is 15.7 Å². The normalized spacial score (nSPS) is 15.5. The first-order valence-electron chi connectivity index (χ1n) is 9.72. The van der Waals surface area contributed by atoms with Crippen LogP contribution in [0.2, 0.25) is 0 Å². The molecule has 1 fully saturated rings. The Bertz CT molecular complexity index is 891. The molecule has 1 heterocycles. The summed E-state index contributed by atoms with van der Waals surface area (Å²) >= 11 is 0. The maximum Gasteiger partial charge on any atom is 0.416 e. The van der Waals surface area contributed by atoms with Crippen LogP contribution >= 0.6 is 0 Å². The van der Waals surface area contributed by atoms with Gasteiger partial charge in [-0.3, -0.25) is 10.0 Å². The van der Waals surface area contributed by atoms with Crippen LogP contribution in [0.4, 0.5) is 18.9 Å². The first-order chi connectivity index (χ1) is 14.4. The predicted octanol–water partition coefficient (Wildman–Crippen LogP) is 3.98. The number of amides is 1. The quantitative estimate of drug-likeness (QED) is 0.377. The number of benzene rings is 2. The van der Waals surface area contributed by atoms with Gasteiger partial charge in [-0.05, 0) is 42.2 Å².